The van der Waals surface area contributed by atoms with Crippen molar-refractivity contribution in [2.45, 2.75) is 39.3 Å². The quantitative estimate of drug-likeness (QED) is 0.627. The SMILES string of the molecule is C[C@H](NCC(=O)OC(C)(C)C)C(=O)CO. The Morgan fingerprint density at radius 2 is 1.93 bits per heavy atom. The first-order valence-corrected chi connectivity index (χ1v) is 4.85. The molecule has 0 spiro atoms. The summed E-state index contributed by atoms with van der Waals surface area (Å²) in [6.07, 6.45) is 0. The van der Waals surface area contributed by atoms with Crippen LogP contribution in [0.4, 0.5) is 0 Å². The van der Waals surface area contributed by atoms with Crippen LogP contribution >= 0.6 is 0 Å². The topological polar surface area (TPSA) is 75.6 Å². The predicted molar refractivity (Wildman–Crippen MR) is 55.4 cm³/mol. The van der Waals surface area contributed by atoms with E-state index >= 15 is 0 Å². The largest absolute Gasteiger partial charge is 0.459 e. The summed E-state index contributed by atoms with van der Waals surface area (Å²) >= 11 is 0. The smallest absolute Gasteiger partial charge is 0.320 e. The van der Waals surface area contributed by atoms with Gasteiger partial charge in [0.1, 0.15) is 12.2 Å². The fraction of sp³-hybridized carbons (Fsp3) is 0.800. The molecule has 0 radical (unpaired) electrons. The van der Waals surface area contributed by atoms with E-state index in [0.717, 1.165) is 0 Å². The number of aliphatic hydroxyl groups excluding tert-OH is 1. The Kier molecular flexibility index (Phi) is 5.46. The van der Waals surface area contributed by atoms with E-state index in [0.29, 0.717) is 0 Å². The van der Waals surface area contributed by atoms with Crippen LogP contribution < -0.4 is 5.32 Å². The molecule has 0 heterocycles. The van der Waals surface area contributed by atoms with E-state index in [9.17, 15) is 9.59 Å². The molecule has 0 aliphatic carbocycles. The minimum absolute atomic E-state index is 0.0375. The molecule has 5 heteroatoms. The second kappa shape index (κ2) is 5.82. The number of carbonyl (C=O) groups excluding carboxylic acids is 2. The van der Waals surface area contributed by atoms with E-state index in [-0.39, 0.29) is 12.3 Å². The normalized spacial score (nSPS) is 13.4. The van der Waals surface area contributed by atoms with Crippen LogP contribution in [0.5, 0.6) is 0 Å². The molecule has 0 saturated heterocycles. The van der Waals surface area contributed by atoms with Crippen LogP contribution in [0, 0.1) is 0 Å². The highest BCUT2D eigenvalue weighted by Gasteiger charge is 2.18. The van der Waals surface area contributed by atoms with Gasteiger partial charge < -0.3 is 9.84 Å². The predicted octanol–water partition coefficient (Wildman–Crippen LogP) is -0.132. The number of hydrogen-bond acceptors (Lipinski definition) is 5. The molecule has 0 aromatic carbocycles. The molecule has 0 unspecified atom stereocenters. The van der Waals surface area contributed by atoms with Crippen LogP contribution in [0.1, 0.15) is 27.7 Å². The lowest BCUT2D eigenvalue weighted by Crippen LogP contribution is -2.40. The van der Waals surface area contributed by atoms with E-state index in [2.05, 4.69) is 5.32 Å². The second-order valence-electron chi connectivity index (χ2n) is 4.31. The highest BCUT2D eigenvalue weighted by molar-refractivity contribution is 5.85. The van der Waals surface area contributed by atoms with Gasteiger partial charge in [-0.05, 0) is 27.7 Å². The average molecular weight is 217 g/mol. The Morgan fingerprint density at radius 3 is 2.33 bits per heavy atom. The summed E-state index contributed by atoms with van der Waals surface area (Å²) in [6, 6.07) is -0.539. The summed E-state index contributed by atoms with van der Waals surface area (Å²) in [7, 11) is 0. The summed E-state index contributed by atoms with van der Waals surface area (Å²) in [5.41, 5.74) is -0.525. The van der Waals surface area contributed by atoms with Crippen molar-refractivity contribution < 1.29 is 19.4 Å². The highest BCUT2D eigenvalue weighted by atomic mass is 16.6. The maximum atomic E-state index is 11.2. The van der Waals surface area contributed by atoms with Gasteiger partial charge in [-0.25, -0.2) is 0 Å². The minimum atomic E-state index is -0.539. The summed E-state index contributed by atoms with van der Waals surface area (Å²) in [6.45, 7) is 6.34. The number of Topliss-reactive ketones (excluding diaryl/α,β-unsaturated/α-hetero) is 1. The molecule has 0 aromatic heterocycles. The van der Waals surface area contributed by atoms with Crippen LogP contribution in [-0.4, -0.2) is 41.7 Å². The summed E-state index contributed by atoms with van der Waals surface area (Å²) in [4.78, 5) is 22.2. The number of nitrogens with one attached hydrogen (secondary N) is 1. The minimum Gasteiger partial charge on any atom is -0.459 e. The standard InChI is InChI=1S/C10H19NO4/c1-7(8(13)6-12)11-5-9(14)15-10(2,3)4/h7,11-12H,5-6H2,1-4H3/t7-/m0/s1. The summed E-state index contributed by atoms with van der Waals surface area (Å²) in [5, 5.41) is 11.2. The number of esters is 1. The first kappa shape index (κ1) is 14.1. The molecule has 0 fully saturated rings. The van der Waals surface area contributed by atoms with Gasteiger partial charge in [-0.3, -0.25) is 14.9 Å². The van der Waals surface area contributed by atoms with Gasteiger partial charge in [-0.15, -0.1) is 0 Å². The van der Waals surface area contributed by atoms with Crippen LogP contribution in [-0.2, 0) is 14.3 Å². The third-order valence-electron chi connectivity index (χ3n) is 1.61. The Balaban J connectivity index is 3.86. The highest BCUT2D eigenvalue weighted by Crippen LogP contribution is 2.06. The zero-order valence-corrected chi connectivity index (χ0v) is 9.66. The van der Waals surface area contributed by atoms with E-state index in [1.807, 2.05) is 0 Å². The maximum absolute atomic E-state index is 11.2. The van der Waals surface area contributed by atoms with Crippen LogP contribution in [0.15, 0.2) is 0 Å². The molecule has 15 heavy (non-hydrogen) atoms. The lowest BCUT2D eigenvalue weighted by molar-refractivity contribution is -0.153. The van der Waals surface area contributed by atoms with Crippen LogP contribution in [0.25, 0.3) is 0 Å². The first-order chi connectivity index (χ1) is 6.76. The summed E-state index contributed by atoms with van der Waals surface area (Å²) in [5.74, 6) is -0.765. The third kappa shape index (κ3) is 7.04. The molecule has 1 atom stereocenters. The Hall–Kier alpha value is -0.940. The van der Waals surface area contributed by atoms with Gasteiger partial charge in [0.25, 0.3) is 0 Å². The zero-order chi connectivity index (χ0) is 12.1. The molecule has 2 N–H and O–H groups in total. The number of rotatable bonds is 5. The third-order valence-corrected chi connectivity index (χ3v) is 1.61. The van der Waals surface area contributed by atoms with Crippen molar-refractivity contribution in [2.24, 2.45) is 0 Å². The summed E-state index contributed by atoms with van der Waals surface area (Å²) < 4.78 is 5.03. The Morgan fingerprint density at radius 1 is 1.40 bits per heavy atom. The molecule has 88 valence electrons. The molecule has 0 saturated carbocycles. The fourth-order valence-electron chi connectivity index (χ4n) is 0.865. The van der Waals surface area contributed by atoms with Crippen molar-refractivity contribution in [1.82, 2.24) is 5.32 Å². The number of hydrogen-bond donors (Lipinski definition) is 2. The van der Waals surface area contributed by atoms with E-state index in [1.165, 1.54) is 0 Å². The fourth-order valence-corrected chi connectivity index (χ4v) is 0.865. The van der Waals surface area contributed by atoms with Gasteiger partial charge >= 0.3 is 5.97 Å². The van der Waals surface area contributed by atoms with Crippen LogP contribution in [0.2, 0.25) is 0 Å². The lowest BCUT2D eigenvalue weighted by Gasteiger charge is -2.20. The number of ether oxygens (including phenoxy) is 1. The van der Waals surface area contributed by atoms with Gasteiger partial charge in [0, 0.05) is 0 Å². The first-order valence-electron chi connectivity index (χ1n) is 4.85. The molecule has 0 aliphatic heterocycles. The van der Waals surface area contributed by atoms with Crippen molar-refractivity contribution in [1.29, 1.82) is 0 Å². The van der Waals surface area contributed by atoms with Gasteiger partial charge in [0.15, 0.2) is 5.78 Å². The van der Waals surface area contributed by atoms with E-state index < -0.39 is 24.2 Å². The maximum Gasteiger partial charge on any atom is 0.320 e. The second-order valence-corrected chi connectivity index (χ2v) is 4.31. The molecule has 5 nitrogen and oxygen atoms in total. The molecule has 0 aromatic rings. The number of carbonyl (C=O) groups is 2. The molecular weight excluding hydrogens is 198 g/mol. The Bertz CT molecular complexity index is 232. The molecule has 0 aliphatic rings. The number of ketones is 1. The van der Waals surface area contributed by atoms with Crippen LogP contribution in [0.3, 0.4) is 0 Å². The van der Waals surface area contributed by atoms with Crippen molar-refractivity contribution in [2.75, 3.05) is 13.2 Å². The van der Waals surface area contributed by atoms with Gasteiger partial charge in [-0.2, -0.15) is 0 Å². The van der Waals surface area contributed by atoms with Crippen molar-refractivity contribution in [3.8, 4) is 0 Å². The van der Waals surface area contributed by atoms with Gasteiger partial charge in [0.2, 0.25) is 0 Å². The van der Waals surface area contributed by atoms with E-state index in [4.69, 9.17) is 9.84 Å². The monoisotopic (exact) mass is 217 g/mol. The average Bonchev–Trinajstić information content (AvgIpc) is 2.10. The zero-order valence-electron chi connectivity index (χ0n) is 9.66. The van der Waals surface area contributed by atoms with Crippen molar-refractivity contribution in [3.63, 3.8) is 0 Å². The number of aliphatic hydroxyl groups is 1. The van der Waals surface area contributed by atoms with Crippen molar-refractivity contribution >= 4 is 11.8 Å². The van der Waals surface area contributed by atoms with E-state index in [1.54, 1.807) is 27.7 Å². The Labute approximate surface area is 89.8 Å². The molecular formula is C10H19NO4. The molecule has 0 rings (SSSR count). The molecule has 0 bridgehead atoms. The van der Waals surface area contributed by atoms with Crippen molar-refractivity contribution in [3.05, 3.63) is 0 Å². The van der Waals surface area contributed by atoms with Gasteiger partial charge in [0.05, 0.1) is 12.6 Å². The van der Waals surface area contributed by atoms with Gasteiger partial charge in [-0.1, -0.05) is 0 Å². The molecule has 0 amide bonds. The lowest BCUT2D eigenvalue weighted by atomic mass is 10.2.